The van der Waals surface area contributed by atoms with E-state index in [9.17, 15) is 9.90 Å². The molecular weight excluding hydrogens is 534 g/mol. The Morgan fingerprint density at radius 2 is 1.90 bits per heavy atom. The van der Waals surface area contributed by atoms with Crippen LogP contribution >= 0.6 is 22.9 Å². The largest absolute Gasteiger partial charge is 0.493 e. The first kappa shape index (κ1) is 26.1. The van der Waals surface area contributed by atoms with Gasteiger partial charge in [-0.25, -0.2) is 4.98 Å². The molecule has 1 amide bonds. The Hall–Kier alpha value is -3.17. The summed E-state index contributed by atoms with van der Waals surface area (Å²) in [5.41, 5.74) is 5.04. The molecule has 39 heavy (non-hydrogen) atoms. The molecule has 1 unspecified atom stereocenters. The van der Waals surface area contributed by atoms with Gasteiger partial charge in [0.2, 0.25) is 5.91 Å². The van der Waals surface area contributed by atoms with Crippen molar-refractivity contribution >= 4 is 39.1 Å². The number of nitrogens with zero attached hydrogens (tertiary/aromatic N) is 3. The Morgan fingerprint density at radius 3 is 2.62 bits per heavy atom. The average Bonchev–Trinajstić information content (AvgIpc) is 3.46. The molecule has 2 aromatic heterocycles. The number of fused-ring (bicyclic) bond motifs is 3. The lowest BCUT2D eigenvalue weighted by molar-refractivity contribution is -0.128. The lowest BCUT2D eigenvalue weighted by atomic mass is 9.95. The Balaban J connectivity index is 1.46. The van der Waals surface area contributed by atoms with Crippen molar-refractivity contribution in [2.45, 2.75) is 38.6 Å². The topological polar surface area (TPSA) is 75.1 Å². The van der Waals surface area contributed by atoms with E-state index in [1.165, 1.54) is 16.0 Å². The minimum absolute atomic E-state index is 0.0878. The number of aliphatic hydroxyl groups excluding tert-OH is 1. The van der Waals surface area contributed by atoms with Crippen molar-refractivity contribution in [2.75, 3.05) is 27.3 Å². The lowest BCUT2D eigenvalue weighted by Gasteiger charge is -2.27. The van der Waals surface area contributed by atoms with Crippen molar-refractivity contribution in [1.29, 1.82) is 0 Å². The smallest absolute Gasteiger partial charge is 0.225 e. The van der Waals surface area contributed by atoms with E-state index in [-0.39, 0.29) is 25.4 Å². The normalized spacial score (nSPS) is 17.6. The first-order valence-corrected chi connectivity index (χ1v) is 14.2. The molecular formula is C30H30ClN3O4S. The Bertz CT molecular complexity index is 1540. The molecule has 2 aromatic carbocycles. The van der Waals surface area contributed by atoms with Gasteiger partial charge in [0.25, 0.3) is 0 Å². The third-order valence-corrected chi connectivity index (χ3v) is 9.05. The van der Waals surface area contributed by atoms with Gasteiger partial charge in [0.1, 0.15) is 4.83 Å². The van der Waals surface area contributed by atoms with Gasteiger partial charge in [-0.2, -0.15) is 0 Å². The minimum Gasteiger partial charge on any atom is -0.493 e. The van der Waals surface area contributed by atoms with E-state index in [1.54, 1.807) is 30.5 Å². The van der Waals surface area contributed by atoms with Crippen molar-refractivity contribution < 1.29 is 19.4 Å². The zero-order valence-corrected chi connectivity index (χ0v) is 23.5. The maximum absolute atomic E-state index is 12.5. The van der Waals surface area contributed by atoms with Crippen LogP contribution in [0.5, 0.6) is 11.5 Å². The van der Waals surface area contributed by atoms with Crippen LogP contribution in [0.15, 0.2) is 48.5 Å². The predicted octanol–water partition coefficient (Wildman–Crippen LogP) is 5.29. The number of likely N-dealkylation sites (tertiary alicyclic amines) is 1. The lowest BCUT2D eigenvalue weighted by Crippen LogP contribution is -2.29. The molecule has 7 nitrogen and oxygen atoms in total. The maximum Gasteiger partial charge on any atom is 0.225 e. The molecule has 6 rings (SSSR count). The van der Waals surface area contributed by atoms with E-state index in [4.69, 9.17) is 26.1 Å². The summed E-state index contributed by atoms with van der Waals surface area (Å²) < 4.78 is 11.1. The zero-order valence-electron chi connectivity index (χ0n) is 21.9. The highest BCUT2D eigenvalue weighted by Crippen LogP contribution is 2.46. The zero-order chi connectivity index (χ0) is 27.1. The number of amides is 1. The summed E-state index contributed by atoms with van der Waals surface area (Å²) in [4.78, 5) is 23.8. The molecule has 0 bridgehead atoms. The van der Waals surface area contributed by atoms with E-state index in [0.717, 1.165) is 47.4 Å². The number of ether oxygens (including phenoxy) is 2. The summed E-state index contributed by atoms with van der Waals surface area (Å²) in [6.45, 7) is 3.23. The van der Waals surface area contributed by atoms with Crippen LogP contribution in [0.1, 0.15) is 28.1 Å². The molecule has 0 spiro atoms. The highest BCUT2D eigenvalue weighted by atomic mass is 35.5. The Morgan fingerprint density at radius 1 is 1.10 bits per heavy atom. The van der Waals surface area contributed by atoms with Crippen molar-refractivity contribution in [3.63, 3.8) is 0 Å². The summed E-state index contributed by atoms with van der Waals surface area (Å²) in [5, 5.41) is 11.6. The van der Waals surface area contributed by atoms with Gasteiger partial charge >= 0.3 is 0 Å². The number of methoxy groups -OCH3 is 2. The quantitative estimate of drug-likeness (QED) is 0.329. The highest BCUT2D eigenvalue weighted by Gasteiger charge is 2.31. The van der Waals surface area contributed by atoms with Gasteiger partial charge in [-0.05, 0) is 35.2 Å². The molecule has 1 fully saturated rings. The molecule has 4 heterocycles. The first-order valence-electron chi connectivity index (χ1n) is 13.0. The predicted molar refractivity (Wildman–Crippen MR) is 153 cm³/mol. The third-order valence-electron chi connectivity index (χ3n) is 7.53. The summed E-state index contributed by atoms with van der Waals surface area (Å²) in [5.74, 6) is 1.17. The second kappa shape index (κ2) is 10.8. The van der Waals surface area contributed by atoms with Gasteiger partial charge in [-0.3, -0.25) is 9.69 Å². The number of carbonyl (C=O) groups excluding carboxylic acids is 1. The molecule has 1 saturated heterocycles. The van der Waals surface area contributed by atoms with Gasteiger partial charge < -0.3 is 19.5 Å². The van der Waals surface area contributed by atoms with Gasteiger partial charge in [-0.1, -0.05) is 48.0 Å². The SMILES string of the molecule is COc1ccc(-c2c(Cl)c(CN3CC(O)CC3=O)nc3sc4c(c23)CCN(Cc2ccccc2)C4)cc1OC. The Kier molecular flexibility index (Phi) is 7.20. The van der Waals surface area contributed by atoms with Crippen molar-refractivity contribution in [2.24, 2.45) is 0 Å². The maximum atomic E-state index is 12.5. The van der Waals surface area contributed by atoms with Crippen LogP contribution in [0.3, 0.4) is 0 Å². The number of rotatable bonds is 7. The molecule has 2 aliphatic heterocycles. The number of benzene rings is 2. The second-order valence-corrected chi connectivity index (χ2v) is 11.5. The van der Waals surface area contributed by atoms with Crippen LogP contribution in [0, 0.1) is 0 Å². The molecule has 1 N–H and O–H groups in total. The van der Waals surface area contributed by atoms with Crippen LogP contribution in [0.4, 0.5) is 0 Å². The second-order valence-electron chi connectivity index (χ2n) is 10.1. The van der Waals surface area contributed by atoms with Crippen molar-refractivity contribution in [3.05, 3.63) is 75.3 Å². The monoisotopic (exact) mass is 563 g/mol. The standard InChI is InChI=1S/C30H30ClN3O4S/c1-37-23-9-8-19(12-24(23)38-2)27-28-21-10-11-33(14-18-6-4-3-5-7-18)17-25(21)39-30(28)32-22(29(27)31)16-34-15-20(35)13-26(34)36/h3-9,12,20,35H,10-11,13-17H2,1-2H3. The van der Waals surface area contributed by atoms with E-state index < -0.39 is 6.10 Å². The van der Waals surface area contributed by atoms with Gasteiger partial charge in [0, 0.05) is 42.0 Å². The summed E-state index contributed by atoms with van der Waals surface area (Å²) in [7, 11) is 3.24. The fourth-order valence-corrected chi connectivity index (χ4v) is 7.23. The highest BCUT2D eigenvalue weighted by molar-refractivity contribution is 7.19. The van der Waals surface area contributed by atoms with Crippen LogP contribution in [-0.2, 0) is 30.8 Å². The number of aromatic nitrogens is 1. The molecule has 0 radical (unpaired) electrons. The van der Waals surface area contributed by atoms with E-state index >= 15 is 0 Å². The van der Waals surface area contributed by atoms with Gasteiger partial charge in [0.05, 0.1) is 44.0 Å². The molecule has 4 aromatic rings. The van der Waals surface area contributed by atoms with Gasteiger partial charge in [0.15, 0.2) is 11.5 Å². The van der Waals surface area contributed by atoms with Crippen molar-refractivity contribution in [1.82, 2.24) is 14.8 Å². The van der Waals surface area contributed by atoms with Crippen LogP contribution in [0.2, 0.25) is 5.02 Å². The molecule has 9 heteroatoms. The number of halogens is 1. The first-order chi connectivity index (χ1) is 18.9. The van der Waals surface area contributed by atoms with E-state index in [2.05, 4.69) is 29.2 Å². The average molecular weight is 564 g/mol. The molecule has 2 aliphatic rings. The summed E-state index contributed by atoms with van der Waals surface area (Å²) >= 11 is 8.85. The van der Waals surface area contributed by atoms with E-state index in [1.807, 2.05) is 24.3 Å². The molecule has 202 valence electrons. The fraction of sp³-hybridized carbons (Fsp3) is 0.333. The number of β-amino-alcohol motifs (C(OH)–C–C–N with tert-alkyl or cyclic N) is 1. The number of hydrogen-bond acceptors (Lipinski definition) is 7. The number of carbonyl (C=O) groups is 1. The van der Waals surface area contributed by atoms with Crippen molar-refractivity contribution in [3.8, 4) is 22.6 Å². The summed E-state index contributed by atoms with van der Waals surface area (Å²) in [6, 6.07) is 16.4. The number of thiophene rings is 1. The van der Waals surface area contributed by atoms with Crippen LogP contribution in [-0.4, -0.2) is 59.2 Å². The van der Waals surface area contributed by atoms with Gasteiger partial charge in [-0.15, -0.1) is 11.3 Å². The minimum atomic E-state index is -0.657. The molecule has 1 atom stereocenters. The van der Waals surface area contributed by atoms with Crippen LogP contribution in [0.25, 0.3) is 21.3 Å². The molecule has 0 aliphatic carbocycles. The van der Waals surface area contributed by atoms with E-state index in [0.29, 0.717) is 22.2 Å². The fourth-order valence-electron chi connectivity index (χ4n) is 5.63. The summed E-state index contributed by atoms with van der Waals surface area (Å²) in [6.07, 6.45) is 0.374. The van der Waals surface area contributed by atoms with Crippen LogP contribution < -0.4 is 9.47 Å². The number of aliphatic hydroxyl groups is 1. The number of pyridine rings is 1. The molecule has 0 saturated carbocycles. The third kappa shape index (κ3) is 4.98. The number of hydrogen-bond donors (Lipinski definition) is 1. The Labute approximate surface area is 236 Å².